The van der Waals surface area contributed by atoms with Crippen molar-refractivity contribution in [2.75, 3.05) is 10.0 Å². The van der Waals surface area contributed by atoms with Crippen molar-refractivity contribution in [3.8, 4) is 0 Å². The molecule has 2 N–H and O–H groups in total. The number of sulfonamides is 1. The van der Waals surface area contributed by atoms with E-state index in [1.54, 1.807) is 36.4 Å². The molecule has 1 amide bonds. The van der Waals surface area contributed by atoms with Crippen LogP contribution in [0.25, 0.3) is 0 Å². The summed E-state index contributed by atoms with van der Waals surface area (Å²) in [4.78, 5) is 12.5. The summed E-state index contributed by atoms with van der Waals surface area (Å²) in [6.07, 6.45) is 0. The van der Waals surface area contributed by atoms with Gasteiger partial charge in [-0.3, -0.25) is 9.52 Å². The summed E-state index contributed by atoms with van der Waals surface area (Å²) >= 11 is 3.03. The molecule has 27 heavy (non-hydrogen) atoms. The molecule has 0 saturated carbocycles. The third-order valence-corrected chi connectivity index (χ3v) is 5.68. The zero-order chi connectivity index (χ0) is 19.4. The highest BCUT2D eigenvalue weighted by Gasteiger charge is 2.17. The van der Waals surface area contributed by atoms with E-state index in [9.17, 15) is 17.6 Å². The molecule has 0 atom stereocenters. The molecule has 3 rings (SSSR count). The molecule has 0 saturated heterocycles. The van der Waals surface area contributed by atoms with E-state index >= 15 is 0 Å². The van der Waals surface area contributed by atoms with Gasteiger partial charge in [-0.2, -0.15) is 0 Å². The molecule has 8 heteroatoms. The minimum atomic E-state index is -3.82. The lowest BCUT2D eigenvalue weighted by Crippen LogP contribution is -2.17. The summed E-state index contributed by atoms with van der Waals surface area (Å²) in [7, 11) is -3.82. The summed E-state index contributed by atoms with van der Waals surface area (Å²) in [5, 5.41) is 2.60. The first kappa shape index (κ1) is 19.1. The fourth-order valence-electron chi connectivity index (χ4n) is 2.32. The molecular weight excluding hydrogens is 435 g/mol. The van der Waals surface area contributed by atoms with Crippen molar-refractivity contribution in [1.82, 2.24) is 0 Å². The summed E-state index contributed by atoms with van der Waals surface area (Å²) in [6.45, 7) is 0. The monoisotopic (exact) mass is 448 g/mol. The average Bonchev–Trinajstić information content (AvgIpc) is 2.66. The Labute approximate surface area is 164 Å². The van der Waals surface area contributed by atoms with Gasteiger partial charge in [0.2, 0.25) is 0 Å². The van der Waals surface area contributed by atoms with E-state index in [4.69, 9.17) is 0 Å². The molecule has 0 radical (unpaired) electrons. The van der Waals surface area contributed by atoms with Crippen LogP contribution in [0.4, 0.5) is 15.8 Å². The highest BCUT2D eigenvalue weighted by molar-refractivity contribution is 9.10. The summed E-state index contributed by atoms with van der Waals surface area (Å²) in [5.74, 6) is -1.13. The first-order chi connectivity index (χ1) is 12.9. The number of hydrogen-bond donors (Lipinski definition) is 2. The van der Waals surface area contributed by atoms with E-state index < -0.39 is 21.7 Å². The Kier molecular flexibility index (Phi) is 5.57. The van der Waals surface area contributed by atoms with Crippen LogP contribution in [0.3, 0.4) is 0 Å². The Morgan fingerprint density at radius 3 is 2.19 bits per heavy atom. The van der Waals surface area contributed by atoms with Crippen LogP contribution in [-0.2, 0) is 10.0 Å². The molecule has 0 heterocycles. The molecule has 3 aromatic carbocycles. The van der Waals surface area contributed by atoms with Crippen LogP contribution in [0.5, 0.6) is 0 Å². The van der Waals surface area contributed by atoms with Gasteiger partial charge >= 0.3 is 0 Å². The standard InChI is InChI=1S/C19H14BrFN2O3S/c20-15-11-10-13(12-16(15)21)19(24)22-17-8-4-5-9-18(17)23-27(25,26)14-6-2-1-3-7-14/h1-12,23H,(H,22,24). The Hall–Kier alpha value is -2.71. The van der Waals surface area contributed by atoms with Crippen molar-refractivity contribution in [3.05, 3.63) is 88.6 Å². The lowest BCUT2D eigenvalue weighted by molar-refractivity contribution is 0.102. The van der Waals surface area contributed by atoms with Crippen LogP contribution in [-0.4, -0.2) is 14.3 Å². The number of halogens is 2. The number of nitrogens with one attached hydrogen (secondary N) is 2. The van der Waals surface area contributed by atoms with Gasteiger partial charge < -0.3 is 5.32 Å². The van der Waals surface area contributed by atoms with Gasteiger partial charge in [0, 0.05) is 5.56 Å². The molecule has 0 unspecified atom stereocenters. The highest BCUT2D eigenvalue weighted by Crippen LogP contribution is 2.25. The number of hydrogen-bond acceptors (Lipinski definition) is 3. The molecular formula is C19H14BrFN2O3S. The number of rotatable bonds is 5. The molecule has 5 nitrogen and oxygen atoms in total. The van der Waals surface area contributed by atoms with Crippen LogP contribution in [0.1, 0.15) is 10.4 Å². The van der Waals surface area contributed by atoms with Gasteiger partial charge in [-0.25, -0.2) is 12.8 Å². The largest absolute Gasteiger partial charge is 0.320 e. The van der Waals surface area contributed by atoms with Gasteiger partial charge in [0.1, 0.15) is 5.82 Å². The highest BCUT2D eigenvalue weighted by atomic mass is 79.9. The second-order valence-corrected chi connectivity index (χ2v) is 8.08. The molecule has 0 spiro atoms. The average molecular weight is 449 g/mol. The van der Waals surface area contributed by atoms with E-state index in [-0.39, 0.29) is 26.3 Å². The molecule has 0 aliphatic rings. The van der Waals surface area contributed by atoms with Crippen molar-refractivity contribution in [2.24, 2.45) is 0 Å². The van der Waals surface area contributed by atoms with Gasteiger partial charge in [0.25, 0.3) is 15.9 Å². The second-order valence-electron chi connectivity index (χ2n) is 5.55. The Morgan fingerprint density at radius 1 is 0.889 bits per heavy atom. The minimum absolute atomic E-state index is 0.0983. The summed E-state index contributed by atoms with van der Waals surface area (Å²) < 4.78 is 41.4. The quantitative estimate of drug-likeness (QED) is 0.596. The lowest BCUT2D eigenvalue weighted by Gasteiger charge is -2.13. The van der Waals surface area contributed by atoms with Gasteiger partial charge in [-0.1, -0.05) is 30.3 Å². The first-order valence-electron chi connectivity index (χ1n) is 7.80. The van der Waals surface area contributed by atoms with Crippen molar-refractivity contribution in [1.29, 1.82) is 0 Å². The zero-order valence-corrected chi connectivity index (χ0v) is 16.2. The topological polar surface area (TPSA) is 75.3 Å². The SMILES string of the molecule is O=C(Nc1ccccc1NS(=O)(=O)c1ccccc1)c1ccc(Br)c(F)c1. The maximum Gasteiger partial charge on any atom is 0.261 e. The lowest BCUT2D eigenvalue weighted by atomic mass is 10.2. The predicted molar refractivity (Wildman–Crippen MR) is 106 cm³/mol. The smallest absolute Gasteiger partial charge is 0.261 e. The second kappa shape index (κ2) is 7.89. The number of carbonyl (C=O) groups is 1. The third kappa shape index (κ3) is 4.53. The Bertz CT molecular complexity index is 1090. The van der Waals surface area contributed by atoms with Gasteiger partial charge in [0.05, 0.1) is 20.7 Å². The molecule has 0 aliphatic carbocycles. The maximum absolute atomic E-state index is 13.6. The molecule has 3 aromatic rings. The van der Waals surface area contributed by atoms with Gasteiger partial charge in [0.15, 0.2) is 0 Å². The summed E-state index contributed by atoms with van der Waals surface area (Å²) in [6, 6.07) is 18.2. The predicted octanol–water partition coefficient (Wildman–Crippen LogP) is 4.64. The molecule has 0 fully saturated rings. The number of amides is 1. The minimum Gasteiger partial charge on any atom is -0.320 e. The Balaban J connectivity index is 1.86. The van der Waals surface area contributed by atoms with Crippen molar-refractivity contribution in [3.63, 3.8) is 0 Å². The maximum atomic E-state index is 13.6. The summed E-state index contributed by atoms with van der Waals surface area (Å²) in [5.41, 5.74) is 0.564. The molecule has 0 aliphatic heterocycles. The van der Waals surface area contributed by atoms with Gasteiger partial charge in [-0.05, 0) is 58.4 Å². The van der Waals surface area contributed by atoms with E-state index in [1.165, 1.54) is 30.3 Å². The number of anilines is 2. The van der Waals surface area contributed by atoms with Crippen LogP contribution in [0, 0.1) is 5.82 Å². The van der Waals surface area contributed by atoms with E-state index in [2.05, 4.69) is 26.0 Å². The van der Waals surface area contributed by atoms with Crippen LogP contribution in [0.15, 0.2) is 82.2 Å². The van der Waals surface area contributed by atoms with Crippen LogP contribution >= 0.6 is 15.9 Å². The molecule has 0 bridgehead atoms. The molecule has 0 aromatic heterocycles. The molecule has 138 valence electrons. The fraction of sp³-hybridized carbons (Fsp3) is 0. The number of para-hydroxylation sites is 2. The van der Waals surface area contributed by atoms with Crippen molar-refractivity contribution in [2.45, 2.75) is 4.90 Å². The van der Waals surface area contributed by atoms with E-state index in [0.717, 1.165) is 6.07 Å². The number of carbonyl (C=O) groups excluding carboxylic acids is 1. The van der Waals surface area contributed by atoms with Crippen LogP contribution in [0.2, 0.25) is 0 Å². The Morgan fingerprint density at radius 2 is 1.52 bits per heavy atom. The van der Waals surface area contributed by atoms with Crippen molar-refractivity contribution >= 4 is 43.2 Å². The van der Waals surface area contributed by atoms with Crippen LogP contribution < -0.4 is 10.0 Å². The fourth-order valence-corrected chi connectivity index (χ4v) is 3.66. The first-order valence-corrected chi connectivity index (χ1v) is 10.1. The van der Waals surface area contributed by atoms with E-state index in [0.29, 0.717) is 0 Å². The normalized spacial score (nSPS) is 11.0. The van der Waals surface area contributed by atoms with Crippen molar-refractivity contribution < 1.29 is 17.6 Å². The van der Waals surface area contributed by atoms with Gasteiger partial charge in [-0.15, -0.1) is 0 Å². The zero-order valence-electron chi connectivity index (χ0n) is 13.8. The van der Waals surface area contributed by atoms with E-state index in [1.807, 2.05) is 0 Å². The number of benzene rings is 3. The third-order valence-electron chi connectivity index (χ3n) is 3.65.